The molecule has 2 aromatic carbocycles. The predicted octanol–water partition coefficient (Wildman–Crippen LogP) is 4.55. The maximum atomic E-state index is 14.7. The Hall–Kier alpha value is -2.66. The predicted molar refractivity (Wildman–Crippen MR) is 127 cm³/mol. The molecule has 2 unspecified atom stereocenters. The minimum atomic E-state index is -1.70. The van der Waals surface area contributed by atoms with E-state index in [0.717, 1.165) is 23.3 Å². The average Bonchev–Trinajstić information content (AvgIpc) is 3.33. The number of aromatic nitrogens is 3. The van der Waals surface area contributed by atoms with Gasteiger partial charge in [0.15, 0.2) is 6.29 Å². The van der Waals surface area contributed by atoms with Gasteiger partial charge in [0.25, 0.3) is 0 Å². The summed E-state index contributed by atoms with van der Waals surface area (Å²) in [6, 6.07) is 9.30. The summed E-state index contributed by atoms with van der Waals surface area (Å²) in [5.41, 5.74) is 0.0287. The van der Waals surface area contributed by atoms with Crippen LogP contribution in [0.1, 0.15) is 25.0 Å². The fourth-order valence-corrected chi connectivity index (χ4v) is 5.24. The van der Waals surface area contributed by atoms with Gasteiger partial charge in [-0.05, 0) is 42.3 Å². The zero-order valence-electron chi connectivity index (χ0n) is 19.3. The second-order valence-electron chi connectivity index (χ2n) is 8.43. The molecule has 0 saturated carbocycles. The van der Waals surface area contributed by atoms with E-state index < -0.39 is 28.8 Å². The van der Waals surface area contributed by atoms with Crippen LogP contribution in [-0.2, 0) is 21.6 Å². The van der Waals surface area contributed by atoms with E-state index in [2.05, 4.69) is 10.1 Å². The van der Waals surface area contributed by atoms with Crippen molar-refractivity contribution in [3.05, 3.63) is 89.8 Å². The molecule has 0 radical (unpaired) electrons. The van der Waals surface area contributed by atoms with Crippen molar-refractivity contribution in [2.45, 2.75) is 42.8 Å². The quantitative estimate of drug-likeness (QED) is 0.485. The van der Waals surface area contributed by atoms with E-state index in [1.54, 1.807) is 19.1 Å². The van der Waals surface area contributed by atoms with E-state index >= 15 is 0 Å². The average molecular weight is 506 g/mol. The lowest BCUT2D eigenvalue weighted by Gasteiger charge is -2.37. The number of hydrogen-bond donors (Lipinski definition) is 1. The van der Waals surface area contributed by atoms with Gasteiger partial charge < -0.3 is 14.6 Å². The van der Waals surface area contributed by atoms with Crippen LogP contribution >= 0.6 is 11.8 Å². The summed E-state index contributed by atoms with van der Waals surface area (Å²) < 4.78 is 54.5. The van der Waals surface area contributed by atoms with Gasteiger partial charge in [-0.2, -0.15) is 5.10 Å². The highest BCUT2D eigenvalue weighted by Gasteiger charge is 2.41. The van der Waals surface area contributed by atoms with Crippen LogP contribution in [0, 0.1) is 17.5 Å². The molecule has 1 aromatic heterocycles. The number of halogens is 3. The molecule has 3 aromatic rings. The highest BCUT2D eigenvalue weighted by Crippen LogP contribution is 2.38. The Kier molecular flexibility index (Phi) is 7.95. The first-order valence-corrected chi connectivity index (χ1v) is 12.0. The topological polar surface area (TPSA) is 69.4 Å². The van der Waals surface area contributed by atoms with Crippen LogP contribution in [0.5, 0.6) is 0 Å². The normalized spacial score (nSPS) is 21.5. The van der Waals surface area contributed by atoms with Gasteiger partial charge in [0.1, 0.15) is 35.7 Å². The van der Waals surface area contributed by atoms with Gasteiger partial charge in [-0.25, -0.2) is 22.8 Å². The molecule has 0 spiro atoms. The zero-order chi connectivity index (χ0) is 25.0. The van der Waals surface area contributed by atoms with Crippen molar-refractivity contribution < 1.29 is 27.8 Å². The van der Waals surface area contributed by atoms with Crippen LogP contribution in [0.4, 0.5) is 13.2 Å². The van der Waals surface area contributed by atoms with Crippen molar-refractivity contribution in [3.8, 4) is 0 Å². The van der Waals surface area contributed by atoms with Crippen LogP contribution < -0.4 is 0 Å². The first-order chi connectivity index (χ1) is 16.7. The molecule has 1 aliphatic heterocycles. The highest BCUT2D eigenvalue weighted by atomic mass is 32.2. The Morgan fingerprint density at radius 1 is 1.17 bits per heavy atom. The summed E-state index contributed by atoms with van der Waals surface area (Å²) >= 11 is 1.39. The lowest BCUT2D eigenvalue weighted by Crippen LogP contribution is -2.43. The van der Waals surface area contributed by atoms with Crippen molar-refractivity contribution in [2.24, 2.45) is 0 Å². The number of hydrogen-bond acceptors (Lipinski definition) is 6. The molecule has 1 fully saturated rings. The Morgan fingerprint density at radius 3 is 2.49 bits per heavy atom. The van der Waals surface area contributed by atoms with Crippen molar-refractivity contribution in [3.63, 3.8) is 0 Å². The maximum absolute atomic E-state index is 14.7. The Bertz CT molecular complexity index is 1150. The van der Waals surface area contributed by atoms with Crippen LogP contribution in [0.3, 0.4) is 0 Å². The monoisotopic (exact) mass is 505 g/mol. The molecule has 0 bridgehead atoms. The molecule has 4 rings (SSSR count). The summed E-state index contributed by atoms with van der Waals surface area (Å²) in [6.07, 6.45) is 4.02. The van der Waals surface area contributed by atoms with E-state index in [-0.39, 0.29) is 23.2 Å². The van der Waals surface area contributed by atoms with Gasteiger partial charge in [0, 0.05) is 16.9 Å². The van der Waals surface area contributed by atoms with E-state index in [1.807, 2.05) is 13.0 Å². The van der Waals surface area contributed by atoms with Crippen molar-refractivity contribution in [2.75, 3.05) is 13.2 Å². The van der Waals surface area contributed by atoms with Crippen LogP contribution in [0.25, 0.3) is 5.57 Å². The molecular weight excluding hydrogens is 479 g/mol. The highest BCUT2D eigenvalue weighted by molar-refractivity contribution is 8.00. The number of rotatable bonds is 8. The van der Waals surface area contributed by atoms with E-state index in [4.69, 9.17) is 9.47 Å². The van der Waals surface area contributed by atoms with Gasteiger partial charge >= 0.3 is 0 Å². The summed E-state index contributed by atoms with van der Waals surface area (Å²) in [6.45, 7) is 4.29. The third kappa shape index (κ3) is 6.13. The summed E-state index contributed by atoms with van der Waals surface area (Å²) in [5, 5.41) is 15.0. The van der Waals surface area contributed by atoms with Crippen molar-refractivity contribution in [1.29, 1.82) is 0 Å². The number of thioether (sulfide) groups is 1. The lowest BCUT2D eigenvalue weighted by molar-refractivity contribution is -0.146. The molecule has 1 aliphatic rings. The SMILES string of the molecule is CC(=CC1OCC(SC(C)C(O)(Cn2cncn2)c2ccc(F)cc2F)CO1)c1ccc(F)cc1. The minimum absolute atomic E-state index is 0.0252. The van der Waals surface area contributed by atoms with E-state index in [0.29, 0.717) is 13.2 Å². The lowest BCUT2D eigenvalue weighted by atomic mass is 9.90. The minimum Gasteiger partial charge on any atom is -0.382 e. The molecule has 0 aliphatic carbocycles. The Morgan fingerprint density at radius 2 is 1.86 bits per heavy atom. The zero-order valence-corrected chi connectivity index (χ0v) is 20.1. The second kappa shape index (κ2) is 10.9. The van der Waals surface area contributed by atoms with Crippen molar-refractivity contribution >= 4 is 17.3 Å². The van der Waals surface area contributed by atoms with Crippen LogP contribution in [0.2, 0.25) is 0 Å². The second-order valence-corrected chi connectivity index (χ2v) is 10.1. The van der Waals surface area contributed by atoms with Crippen molar-refractivity contribution in [1.82, 2.24) is 14.8 Å². The van der Waals surface area contributed by atoms with Crippen LogP contribution in [0.15, 0.2) is 61.2 Å². The molecule has 0 amide bonds. The summed E-state index contributed by atoms with van der Waals surface area (Å²) in [7, 11) is 0. The third-order valence-electron chi connectivity index (χ3n) is 5.91. The van der Waals surface area contributed by atoms with Gasteiger partial charge in [0.2, 0.25) is 0 Å². The van der Waals surface area contributed by atoms with E-state index in [9.17, 15) is 18.3 Å². The van der Waals surface area contributed by atoms with Gasteiger partial charge in [-0.3, -0.25) is 0 Å². The number of allylic oxidation sites excluding steroid dienone is 1. The van der Waals surface area contributed by atoms with Gasteiger partial charge in [0.05, 0.1) is 25.0 Å². The standard InChI is InChI=1S/C25H26F3N3O3S/c1-16(18-3-5-19(26)6-4-18)9-24-33-11-21(12-34-24)35-17(2)25(32,13-31-15-29-14-30-31)22-8-7-20(27)10-23(22)28/h3-10,14-15,17,21,24,32H,11-13H2,1-2H3. The largest absolute Gasteiger partial charge is 0.382 e. The smallest absolute Gasteiger partial charge is 0.177 e. The first kappa shape index (κ1) is 25.4. The fraction of sp³-hybridized carbons (Fsp3) is 0.360. The van der Waals surface area contributed by atoms with Gasteiger partial charge in [-0.15, -0.1) is 11.8 Å². The maximum Gasteiger partial charge on any atom is 0.177 e. The number of ether oxygens (including phenoxy) is 2. The Labute approximate surface area is 205 Å². The molecular formula is C25H26F3N3O3S. The molecule has 1 saturated heterocycles. The van der Waals surface area contributed by atoms with Crippen LogP contribution in [-0.4, -0.2) is 49.9 Å². The Balaban J connectivity index is 1.43. The molecule has 6 nitrogen and oxygen atoms in total. The molecule has 2 heterocycles. The summed E-state index contributed by atoms with van der Waals surface area (Å²) in [4.78, 5) is 3.89. The first-order valence-electron chi connectivity index (χ1n) is 11.1. The molecule has 2 atom stereocenters. The molecule has 35 heavy (non-hydrogen) atoms. The number of nitrogens with zero attached hydrogens (tertiary/aromatic N) is 3. The number of aliphatic hydroxyl groups is 1. The molecule has 186 valence electrons. The summed E-state index contributed by atoms with van der Waals surface area (Å²) in [5.74, 6) is -1.86. The number of benzene rings is 2. The molecule has 1 N–H and O–H groups in total. The van der Waals surface area contributed by atoms with E-state index in [1.165, 1.54) is 47.3 Å². The molecule has 10 heteroatoms. The third-order valence-corrected chi connectivity index (χ3v) is 7.37. The fourth-order valence-electron chi connectivity index (χ4n) is 3.92. The van der Waals surface area contributed by atoms with Gasteiger partial charge in [-0.1, -0.05) is 25.1 Å².